The van der Waals surface area contributed by atoms with Crippen LogP contribution in [-0.2, 0) is 6.54 Å². The molecule has 1 aliphatic rings. The number of piperidine rings is 1. The molecule has 148 valence electrons. The third-order valence-electron chi connectivity index (χ3n) is 5.72. The first-order chi connectivity index (χ1) is 14.2. The molecule has 5 rings (SSSR count). The van der Waals surface area contributed by atoms with Crippen LogP contribution >= 0.6 is 0 Å². The Hall–Kier alpha value is -3.19. The third-order valence-corrected chi connectivity index (χ3v) is 5.72. The van der Waals surface area contributed by atoms with Gasteiger partial charge in [-0.15, -0.1) is 10.2 Å². The molecule has 0 amide bonds. The minimum Gasteiger partial charge on any atom is -0.497 e. The Balaban J connectivity index is 1.34. The van der Waals surface area contributed by atoms with Crippen LogP contribution in [0, 0.1) is 0 Å². The van der Waals surface area contributed by atoms with Crippen molar-refractivity contribution in [2.75, 3.05) is 20.2 Å². The van der Waals surface area contributed by atoms with Crippen LogP contribution in [0.3, 0.4) is 0 Å². The number of rotatable bonds is 4. The van der Waals surface area contributed by atoms with Crippen molar-refractivity contribution in [3.05, 3.63) is 70.5 Å². The first-order valence-electron chi connectivity index (χ1n) is 9.84. The highest BCUT2D eigenvalue weighted by Gasteiger charge is 2.25. The van der Waals surface area contributed by atoms with Gasteiger partial charge in [0.25, 0.3) is 0 Å². The standard InChI is InChI=1S/C22H22N4O3/c1-28-17-5-6-18-16(12-21(27)29-19(18)13-17)14-25-10-7-15(8-11-25)22-24-23-20-4-2-3-9-26(20)22/h2-6,9,12-13,15H,7-8,10-11,14H2,1H3. The third kappa shape index (κ3) is 3.38. The fourth-order valence-electron chi connectivity index (χ4n) is 4.20. The van der Waals surface area contributed by atoms with Crippen LogP contribution in [0.1, 0.15) is 30.1 Å². The molecule has 0 bridgehead atoms. The summed E-state index contributed by atoms with van der Waals surface area (Å²) in [6, 6.07) is 13.2. The van der Waals surface area contributed by atoms with Crippen LogP contribution in [0.4, 0.5) is 0 Å². The largest absolute Gasteiger partial charge is 0.497 e. The summed E-state index contributed by atoms with van der Waals surface area (Å²) in [7, 11) is 1.60. The summed E-state index contributed by atoms with van der Waals surface area (Å²) in [6.07, 6.45) is 4.06. The number of nitrogens with zero attached hydrogens (tertiary/aromatic N) is 4. The van der Waals surface area contributed by atoms with Crippen molar-refractivity contribution in [2.24, 2.45) is 0 Å². The number of benzene rings is 1. The quantitative estimate of drug-likeness (QED) is 0.498. The number of hydrogen-bond acceptors (Lipinski definition) is 6. The smallest absolute Gasteiger partial charge is 0.336 e. The van der Waals surface area contributed by atoms with Crippen LogP contribution in [0.2, 0.25) is 0 Å². The van der Waals surface area contributed by atoms with Gasteiger partial charge < -0.3 is 9.15 Å². The Bertz CT molecular complexity index is 1220. The van der Waals surface area contributed by atoms with Gasteiger partial charge >= 0.3 is 5.63 Å². The van der Waals surface area contributed by atoms with Crippen LogP contribution in [0.5, 0.6) is 5.75 Å². The molecule has 1 aromatic carbocycles. The van der Waals surface area contributed by atoms with E-state index in [0.29, 0.717) is 17.3 Å². The van der Waals surface area contributed by atoms with E-state index in [9.17, 15) is 4.79 Å². The average molecular weight is 390 g/mol. The second-order valence-corrected chi connectivity index (χ2v) is 7.49. The SMILES string of the molecule is COc1ccc2c(CN3CCC(c4nnc5ccccn45)CC3)cc(=O)oc2c1. The molecule has 7 nitrogen and oxygen atoms in total. The Labute approximate surface area is 167 Å². The maximum absolute atomic E-state index is 12.0. The summed E-state index contributed by atoms with van der Waals surface area (Å²) >= 11 is 0. The van der Waals surface area contributed by atoms with Gasteiger partial charge in [-0.2, -0.15) is 0 Å². The van der Waals surface area contributed by atoms with E-state index in [-0.39, 0.29) is 5.63 Å². The van der Waals surface area contributed by atoms with Gasteiger partial charge in [-0.1, -0.05) is 6.07 Å². The van der Waals surface area contributed by atoms with Gasteiger partial charge in [-0.25, -0.2) is 4.79 Å². The second-order valence-electron chi connectivity index (χ2n) is 7.49. The molecule has 1 fully saturated rings. The second kappa shape index (κ2) is 7.33. The summed E-state index contributed by atoms with van der Waals surface area (Å²) in [6.45, 7) is 2.62. The monoisotopic (exact) mass is 390 g/mol. The van der Waals surface area contributed by atoms with Crippen molar-refractivity contribution in [3.8, 4) is 5.75 Å². The van der Waals surface area contributed by atoms with Crippen molar-refractivity contribution in [2.45, 2.75) is 25.3 Å². The Morgan fingerprint density at radius 3 is 2.83 bits per heavy atom. The Morgan fingerprint density at radius 2 is 2.00 bits per heavy atom. The molecule has 0 N–H and O–H groups in total. The number of aromatic nitrogens is 3. The van der Waals surface area contributed by atoms with Gasteiger partial charge in [0.15, 0.2) is 5.65 Å². The number of likely N-dealkylation sites (tertiary alicyclic amines) is 1. The zero-order chi connectivity index (χ0) is 19.8. The summed E-state index contributed by atoms with van der Waals surface area (Å²) < 4.78 is 12.7. The van der Waals surface area contributed by atoms with E-state index < -0.39 is 0 Å². The number of fused-ring (bicyclic) bond motifs is 2. The number of ether oxygens (including phenoxy) is 1. The molecule has 1 aliphatic heterocycles. The summed E-state index contributed by atoms with van der Waals surface area (Å²) in [5, 5.41) is 9.66. The van der Waals surface area contributed by atoms with Gasteiger partial charge in [-0.3, -0.25) is 9.30 Å². The van der Waals surface area contributed by atoms with E-state index >= 15 is 0 Å². The van der Waals surface area contributed by atoms with E-state index in [1.165, 1.54) is 0 Å². The molecule has 0 aliphatic carbocycles. The van der Waals surface area contributed by atoms with Crippen molar-refractivity contribution < 1.29 is 9.15 Å². The number of pyridine rings is 1. The molecule has 4 heterocycles. The summed E-state index contributed by atoms with van der Waals surface area (Å²) in [5.74, 6) is 2.11. The molecule has 0 radical (unpaired) electrons. The number of hydrogen-bond donors (Lipinski definition) is 0. The zero-order valence-electron chi connectivity index (χ0n) is 16.2. The predicted octanol–water partition coefficient (Wildman–Crippen LogP) is 3.22. The van der Waals surface area contributed by atoms with E-state index in [2.05, 4.69) is 19.5 Å². The molecular formula is C22H22N4O3. The van der Waals surface area contributed by atoms with E-state index in [1.54, 1.807) is 19.2 Å². The lowest BCUT2D eigenvalue weighted by Gasteiger charge is -2.31. The van der Waals surface area contributed by atoms with Gasteiger partial charge in [0.2, 0.25) is 0 Å². The highest BCUT2D eigenvalue weighted by molar-refractivity contribution is 5.81. The van der Waals surface area contributed by atoms with Crippen molar-refractivity contribution >= 4 is 16.6 Å². The summed E-state index contributed by atoms with van der Waals surface area (Å²) in [4.78, 5) is 14.4. The molecule has 0 unspecified atom stereocenters. The minimum absolute atomic E-state index is 0.328. The fraction of sp³-hybridized carbons (Fsp3) is 0.318. The Kier molecular flexibility index (Phi) is 4.52. The number of methoxy groups -OCH3 is 1. The van der Waals surface area contributed by atoms with Crippen LogP contribution in [0.15, 0.2) is 57.9 Å². The van der Waals surface area contributed by atoms with Gasteiger partial charge in [-0.05, 0) is 55.8 Å². The van der Waals surface area contributed by atoms with Crippen LogP contribution in [0.25, 0.3) is 16.6 Å². The maximum Gasteiger partial charge on any atom is 0.336 e. The molecule has 4 aromatic rings. The minimum atomic E-state index is -0.328. The predicted molar refractivity (Wildman–Crippen MR) is 109 cm³/mol. The molecular weight excluding hydrogens is 368 g/mol. The van der Waals surface area contributed by atoms with Gasteiger partial charge in [0, 0.05) is 36.2 Å². The first kappa shape index (κ1) is 17.9. The van der Waals surface area contributed by atoms with E-state index in [4.69, 9.17) is 9.15 Å². The topological polar surface area (TPSA) is 72.9 Å². The fourth-order valence-corrected chi connectivity index (χ4v) is 4.20. The van der Waals surface area contributed by atoms with Crippen molar-refractivity contribution in [1.82, 2.24) is 19.5 Å². The molecule has 0 atom stereocenters. The molecule has 7 heteroatoms. The molecule has 3 aromatic heterocycles. The molecule has 29 heavy (non-hydrogen) atoms. The van der Waals surface area contributed by atoms with E-state index in [0.717, 1.165) is 54.9 Å². The highest BCUT2D eigenvalue weighted by atomic mass is 16.5. The first-order valence-corrected chi connectivity index (χ1v) is 9.84. The van der Waals surface area contributed by atoms with Crippen molar-refractivity contribution in [3.63, 3.8) is 0 Å². The normalized spacial score (nSPS) is 15.9. The Morgan fingerprint density at radius 1 is 1.14 bits per heavy atom. The summed E-state index contributed by atoms with van der Waals surface area (Å²) in [5.41, 5.74) is 2.12. The maximum atomic E-state index is 12.0. The van der Waals surface area contributed by atoms with Gasteiger partial charge in [0.1, 0.15) is 17.2 Å². The average Bonchev–Trinajstić information content (AvgIpc) is 3.18. The van der Waals surface area contributed by atoms with Gasteiger partial charge in [0.05, 0.1) is 7.11 Å². The van der Waals surface area contributed by atoms with Crippen LogP contribution < -0.4 is 10.4 Å². The lowest BCUT2D eigenvalue weighted by atomic mass is 9.95. The van der Waals surface area contributed by atoms with Crippen LogP contribution in [-0.4, -0.2) is 39.7 Å². The van der Waals surface area contributed by atoms with Crippen molar-refractivity contribution in [1.29, 1.82) is 0 Å². The highest BCUT2D eigenvalue weighted by Crippen LogP contribution is 2.29. The zero-order valence-corrected chi connectivity index (χ0v) is 16.2. The lowest BCUT2D eigenvalue weighted by Crippen LogP contribution is -2.33. The van der Waals surface area contributed by atoms with E-state index in [1.807, 2.05) is 36.5 Å². The molecule has 1 saturated heterocycles. The molecule has 0 spiro atoms. The molecule has 0 saturated carbocycles. The lowest BCUT2D eigenvalue weighted by molar-refractivity contribution is 0.201.